The molecule has 184 valence electrons. The van der Waals surface area contributed by atoms with Crippen molar-refractivity contribution in [3.63, 3.8) is 0 Å². The first-order valence-electron chi connectivity index (χ1n) is 11.9. The zero-order valence-electron chi connectivity index (χ0n) is 19.3. The van der Waals surface area contributed by atoms with Crippen LogP contribution >= 0.6 is 0 Å². The van der Waals surface area contributed by atoms with Crippen molar-refractivity contribution in [2.75, 3.05) is 0 Å². The van der Waals surface area contributed by atoms with Crippen molar-refractivity contribution in [3.05, 3.63) is 96.6 Å². The molecule has 8 rings (SSSR count). The molecule has 36 heavy (non-hydrogen) atoms. The number of hydrogen-bond donors (Lipinski definition) is 0. The molecule has 0 aliphatic carbocycles. The van der Waals surface area contributed by atoms with E-state index in [1.54, 1.807) is 25.1 Å². The number of carbonyl (C=O) groups is 2. The standard InChI is InChI=1S/C26H24N4O6/c31-21-23-27(13-17-5-1-9-33-17)24-22(32)25(28(23)14-18-6-2-10-34-18)30(16-20-8-4-12-36-20)26(21)29(24)15-19-7-3-11-35-19/h1-12,23-26H,13-16H2. The second-order valence-electron chi connectivity index (χ2n) is 9.31. The van der Waals surface area contributed by atoms with Crippen molar-refractivity contribution in [2.24, 2.45) is 0 Å². The molecule has 0 radical (unpaired) electrons. The minimum atomic E-state index is -0.612. The molecule has 4 bridgehead atoms. The van der Waals surface area contributed by atoms with Gasteiger partial charge in [-0.05, 0) is 48.5 Å². The molecular formula is C26H24N4O6. The van der Waals surface area contributed by atoms with Crippen molar-refractivity contribution >= 4 is 11.6 Å². The number of hydrogen-bond acceptors (Lipinski definition) is 10. The third kappa shape index (κ3) is 3.34. The van der Waals surface area contributed by atoms with E-state index in [2.05, 4.69) is 0 Å². The van der Waals surface area contributed by atoms with Gasteiger partial charge >= 0.3 is 0 Å². The van der Waals surface area contributed by atoms with E-state index in [0.717, 1.165) is 0 Å². The number of Topliss-reactive ketones (excluding diaryl/α,β-unsaturated/α-hetero) is 2. The highest BCUT2D eigenvalue weighted by molar-refractivity contribution is 6.00. The first kappa shape index (κ1) is 21.6. The first-order valence-corrected chi connectivity index (χ1v) is 11.9. The summed E-state index contributed by atoms with van der Waals surface area (Å²) in [6.07, 6.45) is 3.95. The van der Waals surface area contributed by atoms with Crippen LogP contribution in [0.3, 0.4) is 0 Å². The maximum Gasteiger partial charge on any atom is 0.196 e. The van der Waals surface area contributed by atoms with E-state index < -0.39 is 24.7 Å². The summed E-state index contributed by atoms with van der Waals surface area (Å²) in [5.41, 5.74) is 0. The third-order valence-electron chi connectivity index (χ3n) is 7.21. The molecule has 0 spiro atoms. The predicted octanol–water partition coefficient (Wildman–Crippen LogP) is 2.85. The normalized spacial score (nSPS) is 27.0. The Morgan fingerprint density at radius 1 is 0.472 bits per heavy atom. The molecule has 8 heterocycles. The van der Waals surface area contributed by atoms with Gasteiger partial charge in [-0.25, -0.2) is 0 Å². The van der Waals surface area contributed by atoms with Gasteiger partial charge in [0.25, 0.3) is 0 Å². The number of rotatable bonds is 8. The summed E-state index contributed by atoms with van der Waals surface area (Å²) in [4.78, 5) is 36.2. The average molecular weight is 489 g/mol. The Balaban J connectivity index is 1.33. The molecule has 4 aliphatic rings. The summed E-state index contributed by atoms with van der Waals surface area (Å²) in [7, 11) is 0. The van der Waals surface area contributed by atoms with Crippen LogP contribution < -0.4 is 0 Å². The van der Waals surface area contributed by atoms with Crippen molar-refractivity contribution in [2.45, 2.75) is 50.8 Å². The van der Waals surface area contributed by atoms with Gasteiger partial charge in [0.1, 0.15) is 47.7 Å². The van der Waals surface area contributed by atoms with E-state index >= 15 is 0 Å². The van der Waals surface area contributed by atoms with Gasteiger partial charge in [0.15, 0.2) is 11.6 Å². The number of nitrogens with zero attached hydrogens (tertiary/aromatic N) is 4. The monoisotopic (exact) mass is 488 g/mol. The van der Waals surface area contributed by atoms with Crippen LogP contribution in [0.2, 0.25) is 0 Å². The van der Waals surface area contributed by atoms with E-state index in [0.29, 0.717) is 49.2 Å². The summed E-state index contributed by atoms with van der Waals surface area (Å²) in [5.74, 6) is 2.73. The molecular weight excluding hydrogens is 464 g/mol. The van der Waals surface area contributed by atoms with Crippen LogP contribution in [0.1, 0.15) is 23.0 Å². The van der Waals surface area contributed by atoms with Crippen molar-refractivity contribution < 1.29 is 27.3 Å². The van der Waals surface area contributed by atoms with Crippen LogP contribution in [0.15, 0.2) is 91.3 Å². The number of ketones is 2. The van der Waals surface area contributed by atoms with E-state index in [1.165, 1.54) is 0 Å². The van der Waals surface area contributed by atoms with E-state index in [9.17, 15) is 9.59 Å². The summed E-state index contributed by atoms with van der Waals surface area (Å²) < 4.78 is 22.5. The van der Waals surface area contributed by atoms with Gasteiger partial charge in [-0.1, -0.05) is 0 Å². The molecule has 4 fully saturated rings. The zero-order valence-corrected chi connectivity index (χ0v) is 19.3. The lowest BCUT2D eigenvalue weighted by Gasteiger charge is -2.66. The van der Waals surface area contributed by atoms with E-state index in [-0.39, 0.29) is 11.6 Å². The van der Waals surface area contributed by atoms with Crippen LogP contribution in [0, 0.1) is 0 Å². The minimum absolute atomic E-state index is 0.00813. The largest absolute Gasteiger partial charge is 0.468 e. The van der Waals surface area contributed by atoms with Crippen LogP contribution in [-0.2, 0) is 35.8 Å². The SMILES string of the molecule is O=C1C2N(Cc3ccco3)C3C(=O)C(N2Cc2ccco2)N(Cc2ccco2)C1N3Cc1ccco1. The quantitative estimate of drug-likeness (QED) is 0.368. The van der Waals surface area contributed by atoms with Crippen LogP contribution in [0.4, 0.5) is 0 Å². The fraction of sp³-hybridized carbons (Fsp3) is 0.308. The summed E-state index contributed by atoms with van der Waals surface area (Å²) >= 11 is 0. The molecule has 10 heteroatoms. The Hall–Kier alpha value is -3.70. The summed E-state index contributed by atoms with van der Waals surface area (Å²) in [6, 6.07) is 14.7. The van der Waals surface area contributed by atoms with Crippen molar-refractivity contribution in [3.8, 4) is 0 Å². The fourth-order valence-corrected chi connectivity index (χ4v) is 5.89. The lowest BCUT2D eigenvalue weighted by molar-refractivity contribution is -0.254. The van der Waals surface area contributed by atoms with Gasteiger partial charge in [-0.2, -0.15) is 0 Å². The molecule has 10 nitrogen and oxygen atoms in total. The highest BCUT2D eigenvalue weighted by Crippen LogP contribution is 2.44. The van der Waals surface area contributed by atoms with Gasteiger partial charge in [0.2, 0.25) is 0 Å². The van der Waals surface area contributed by atoms with E-state index in [1.807, 2.05) is 68.1 Å². The van der Waals surface area contributed by atoms with Gasteiger partial charge in [0.05, 0.1) is 51.2 Å². The van der Waals surface area contributed by atoms with Crippen molar-refractivity contribution in [1.82, 2.24) is 19.6 Å². The summed E-state index contributed by atoms with van der Waals surface area (Å²) in [6.45, 7) is 1.28. The molecule has 0 atom stereocenters. The smallest absolute Gasteiger partial charge is 0.196 e. The van der Waals surface area contributed by atoms with Gasteiger partial charge < -0.3 is 17.7 Å². The number of furan rings is 4. The maximum atomic E-state index is 14.2. The minimum Gasteiger partial charge on any atom is -0.468 e. The number of carbonyl (C=O) groups excluding carboxylic acids is 2. The second-order valence-corrected chi connectivity index (χ2v) is 9.31. The molecule has 0 unspecified atom stereocenters. The highest BCUT2D eigenvalue weighted by Gasteiger charge is 2.67. The molecule has 0 aromatic carbocycles. The Labute approximate surface area is 206 Å². The topological polar surface area (TPSA) is 99.7 Å². The molecule has 4 aromatic heterocycles. The highest BCUT2D eigenvalue weighted by atomic mass is 16.3. The molecule has 4 aliphatic heterocycles. The average Bonchev–Trinajstić information content (AvgIpc) is 3.67. The molecule has 0 saturated carbocycles. The third-order valence-corrected chi connectivity index (χ3v) is 7.21. The Kier molecular flexibility index (Phi) is 5.07. The first-order chi connectivity index (χ1) is 17.7. The molecule has 4 aromatic rings. The lowest BCUT2D eigenvalue weighted by Crippen LogP contribution is -2.88. The maximum absolute atomic E-state index is 14.2. The molecule has 0 amide bonds. The fourth-order valence-electron chi connectivity index (χ4n) is 5.89. The van der Waals surface area contributed by atoms with Gasteiger partial charge in [0, 0.05) is 0 Å². The van der Waals surface area contributed by atoms with Gasteiger partial charge in [-0.3, -0.25) is 29.2 Å². The lowest BCUT2D eigenvalue weighted by atomic mass is 9.88. The van der Waals surface area contributed by atoms with E-state index in [4.69, 9.17) is 17.7 Å². The van der Waals surface area contributed by atoms with Crippen LogP contribution in [0.25, 0.3) is 0 Å². The Morgan fingerprint density at radius 2 is 0.722 bits per heavy atom. The zero-order chi connectivity index (χ0) is 24.2. The van der Waals surface area contributed by atoms with Crippen molar-refractivity contribution in [1.29, 1.82) is 0 Å². The van der Waals surface area contributed by atoms with Crippen LogP contribution in [0.5, 0.6) is 0 Å². The predicted molar refractivity (Wildman–Crippen MR) is 122 cm³/mol. The molecule has 0 N–H and O–H groups in total. The second kappa shape index (κ2) is 8.45. The summed E-state index contributed by atoms with van der Waals surface area (Å²) in [5, 5.41) is 0. The van der Waals surface area contributed by atoms with Gasteiger partial charge in [-0.15, -0.1) is 0 Å². The molecule has 4 saturated heterocycles. The Bertz CT molecular complexity index is 1110. The van der Waals surface area contributed by atoms with Crippen LogP contribution in [-0.4, -0.2) is 55.8 Å². The Morgan fingerprint density at radius 3 is 0.917 bits per heavy atom.